The summed E-state index contributed by atoms with van der Waals surface area (Å²) >= 11 is 0. The van der Waals surface area contributed by atoms with Gasteiger partial charge in [0.05, 0.1) is 5.69 Å². The van der Waals surface area contributed by atoms with Gasteiger partial charge in [0.25, 0.3) is 0 Å². The number of hydrazine groups is 1. The normalized spacial score (nSPS) is 15.1. The summed E-state index contributed by atoms with van der Waals surface area (Å²) in [6.07, 6.45) is 2.22. The molecule has 0 saturated carbocycles. The fourth-order valence-electron chi connectivity index (χ4n) is 1.49. The van der Waals surface area contributed by atoms with Crippen molar-refractivity contribution in [2.75, 3.05) is 12.0 Å². The number of para-hydroxylation sites is 1. The average Bonchev–Trinajstić information content (AvgIpc) is 2.69. The van der Waals surface area contributed by atoms with Crippen molar-refractivity contribution < 1.29 is 0 Å². The molecule has 0 bridgehead atoms. The number of nitrogens with zero attached hydrogens (tertiary/aromatic N) is 1. The number of amidine groups is 1. The van der Waals surface area contributed by atoms with E-state index in [0.29, 0.717) is 0 Å². The van der Waals surface area contributed by atoms with Gasteiger partial charge in [0, 0.05) is 13.0 Å². The van der Waals surface area contributed by atoms with Gasteiger partial charge in [-0.2, -0.15) is 0 Å². The molecule has 0 amide bonds. The minimum absolute atomic E-state index is 0.956. The van der Waals surface area contributed by atoms with E-state index in [1.54, 1.807) is 0 Å². The maximum absolute atomic E-state index is 4.32. The Morgan fingerprint density at radius 3 is 2.79 bits per heavy atom. The van der Waals surface area contributed by atoms with Crippen LogP contribution in [0.3, 0.4) is 0 Å². The van der Waals surface area contributed by atoms with Gasteiger partial charge in [0.15, 0.2) is 0 Å². The summed E-state index contributed by atoms with van der Waals surface area (Å²) in [4.78, 5) is 4.32. The number of rotatable bonds is 2. The molecule has 0 aliphatic carbocycles. The highest BCUT2D eigenvalue weighted by Gasteiger charge is 2.04. The largest absolute Gasteiger partial charge is 0.300 e. The summed E-state index contributed by atoms with van der Waals surface area (Å²) in [5.74, 6) is 1.06. The molecule has 0 radical (unpaired) electrons. The summed E-state index contributed by atoms with van der Waals surface area (Å²) in [5.41, 5.74) is 8.66. The molecule has 1 aliphatic heterocycles. The molecule has 74 valence electrons. The number of aliphatic imine (C=N–C) groups is 1. The molecule has 2 rings (SSSR count). The predicted molar refractivity (Wildman–Crippen MR) is 59.5 cm³/mol. The van der Waals surface area contributed by atoms with E-state index in [2.05, 4.69) is 34.9 Å². The van der Waals surface area contributed by atoms with Crippen LogP contribution in [0.4, 0.5) is 5.69 Å². The van der Waals surface area contributed by atoms with Crippen LogP contribution in [0.2, 0.25) is 0 Å². The first-order valence-corrected chi connectivity index (χ1v) is 4.97. The van der Waals surface area contributed by atoms with Gasteiger partial charge in [-0.3, -0.25) is 15.8 Å². The lowest BCUT2D eigenvalue weighted by Crippen LogP contribution is -2.28. The lowest BCUT2D eigenvalue weighted by Gasteiger charge is -2.11. The fourth-order valence-corrected chi connectivity index (χ4v) is 1.49. The molecule has 2 N–H and O–H groups in total. The van der Waals surface area contributed by atoms with Crippen LogP contribution in [0.5, 0.6) is 0 Å². The Bertz CT molecular complexity index is 344. The van der Waals surface area contributed by atoms with E-state index < -0.39 is 0 Å². The van der Waals surface area contributed by atoms with Crippen molar-refractivity contribution in [3.63, 3.8) is 0 Å². The standard InChI is InChI=1S/C11H15N3/c1-9-5-2-3-6-10(9)13-14-11-7-4-8-12-11/h2-3,5-6,13H,4,7-8H2,1H3,(H,12,14). The van der Waals surface area contributed by atoms with E-state index >= 15 is 0 Å². The zero-order chi connectivity index (χ0) is 9.80. The molecule has 0 atom stereocenters. The Labute approximate surface area is 84.2 Å². The third-order valence-corrected chi connectivity index (χ3v) is 2.36. The summed E-state index contributed by atoms with van der Waals surface area (Å²) in [5, 5.41) is 0. The van der Waals surface area contributed by atoms with Crippen LogP contribution in [0, 0.1) is 6.92 Å². The quantitative estimate of drug-likeness (QED) is 0.699. The Kier molecular flexibility index (Phi) is 2.68. The highest BCUT2D eigenvalue weighted by atomic mass is 15.4. The minimum atomic E-state index is 0.956. The average molecular weight is 189 g/mol. The van der Waals surface area contributed by atoms with E-state index in [1.807, 2.05) is 12.1 Å². The van der Waals surface area contributed by atoms with E-state index in [1.165, 1.54) is 5.56 Å². The number of aryl methyl sites for hydroxylation is 1. The number of benzene rings is 1. The first kappa shape index (κ1) is 9.06. The first-order valence-electron chi connectivity index (χ1n) is 4.97. The summed E-state index contributed by atoms with van der Waals surface area (Å²) in [6, 6.07) is 8.19. The molecule has 1 heterocycles. The van der Waals surface area contributed by atoms with Crippen molar-refractivity contribution in [2.45, 2.75) is 19.8 Å². The number of hydrogen-bond acceptors (Lipinski definition) is 3. The molecule has 0 aromatic heterocycles. The van der Waals surface area contributed by atoms with Gasteiger partial charge in [-0.1, -0.05) is 18.2 Å². The molecule has 0 fully saturated rings. The minimum Gasteiger partial charge on any atom is -0.300 e. The van der Waals surface area contributed by atoms with Crippen molar-refractivity contribution >= 4 is 11.5 Å². The third-order valence-electron chi connectivity index (χ3n) is 2.36. The van der Waals surface area contributed by atoms with Crippen LogP contribution >= 0.6 is 0 Å². The number of anilines is 1. The molecule has 0 saturated heterocycles. The molecule has 0 unspecified atom stereocenters. The fraction of sp³-hybridized carbons (Fsp3) is 0.364. The number of hydrogen-bond donors (Lipinski definition) is 2. The molecular formula is C11H15N3. The van der Waals surface area contributed by atoms with E-state index in [9.17, 15) is 0 Å². The molecule has 3 heteroatoms. The Hall–Kier alpha value is -1.51. The maximum Gasteiger partial charge on any atom is 0.115 e. The Balaban J connectivity index is 1.94. The Morgan fingerprint density at radius 1 is 1.21 bits per heavy atom. The molecule has 3 nitrogen and oxygen atoms in total. The second-order valence-electron chi connectivity index (χ2n) is 3.50. The van der Waals surface area contributed by atoms with Crippen molar-refractivity contribution in [3.8, 4) is 0 Å². The van der Waals surface area contributed by atoms with Gasteiger partial charge < -0.3 is 0 Å². The maximum atomic E-state index is 4.32. The molecule has 0 spiro atoms. The van der Waals surface area contributed by atoms with E-state index in [-0.39, 0.29) is 0 Å². The van der Waals surface area contributed by atoms with E-state index in [4.69, 9.17) is 0 Å². The van der Waals surface area contributed by atoms with Crippen LogP contribution in [0.15, 0.2) is 29.3 Å². The SMILES string of the molecule is Cc1ccccc1NNC1=NCCC1. The zero-order valence-corrected chi connectivity index (χ0v) is 8.38. The van der Waals surface area contributed by atoms with Crippen LogP contribution in [-0.4, -0.2) is 12.4 Å². The predicted octanol–water partition coefficient (Wildman–Crippen LogP) is 2.10. The van der Waals surface area contributed by atoms with Gasteiger partial charge in [0.1, 0.15) is 5.84 Å². The van der Waals surface area contributed by atoms with Gasteiger partial charge in [-0.15, -0.1) is 0 Å². The second kappa shape index (κ2) is 4.13. The molecule has 1 aliphatic rings. The lowest BCUT2D eigenvalue weighted by molar-refractivity contribution is 0.944. The molecular weight excluding hydrogens is 174 g/mol. The number of nitrogens with one attached hydrogen (secondary N) is 2. The van der Waals surface area contributed by atoms with Gasteiger partial charge in [-0.25, -0.2) is 0 Å². The summed E-state index contributed by atoms with van der Waals surface area (Å²) < 4.78 is 0. The summed E-state index contributed by atoms with van der Waals surface area (Å²) in [7, 11) is 0. The van der Waals surface area contributed by atoms with E-state index in [0.717, 1.165) is 30.9 Å². The van der Waals surface area contributed by atoms with Crippen molar-refractivity contribution in [1.82, 2.24) is 5.43 Å². The van der Waals surface area contributed by atoms with Gasteiger partial charge >= 0.3 is 0 Å². The first-order chi connectivity index (χ1) is 6.86. The van der Waals surface area contributed by atoms with Crippen LogP contribution in [-0.2, 0) is 0 Å². The van der Waals surface area contributed by atoms with Gasteiger partial charge in [0.2, 0.25) is 0 Å². The van der Waals surface area contributed by atoms with Crippen LogP contribution < -0.4 is 10.9 Å². The second-order valence-corrected chi connectivity index (χ2v) is 3.50. The monoisotopic (exact) mass is 189 g/mol. The lowest BCUT2D eigenvalue weighted by atomic mass is 10.2. The topological polar surface area (TPSA) is 36.4 Å². The molecule has 1 aromatic rings. The van der Waals surface area contributed by atoms with Crippen molar-refractivity contribution in [2.24, 2.45) is 4.99 Å². The van der Waals surface area contributed by atoms with Gasteiger partial charge in [-0.05, 0) is 25.0 Å². The molecule has 14 heavy (non-hydrogen) atoms. The third kappa shape index (κ3) is 2.05. The molecule has 1 aromatic carbocycles. The smallest absolute Gasteiger partial charge is 0.115 e. The van der Waals surface area contributed by atoms with Crippen molar-refractivity contribution in [1.29, 1.82) is 0 Å². The highest BCUT2D eigenvalue weighted by molar-refractivity contribution is 5.84. The van der Waals surface area contributed by atoms with Crippen LogP contribution in [0.1, 0.15) is 18.4 Å². The summed E-state index contributed by atoms with van der Waals surface area (Å²) in [6.45, 7) is 3.04. The van der Waals surface area contributed by atoms with Crippen molar-refractivity contribution in [3.05, 3.63) is 29.8 Å². The zero-order valence-electron chi connectivity index (χ0n) is 8.38. The van der Waals surface area contributed by atoms with Crippen LogP contribution in [0.25, 0.3) is 0 Å². The highest BCUT2D eigenvalue weighted by Crippen LogP contribution is 2.12. The Morgan fingerprint density at radius 2 is 2.07 bits per heavy atom.